The van der Waals surface area contributed by atoms with Gasteiger partial charge in [0.2, 0.25) is 11.6 Å². The minimum Gasteiger partial charge on any atom is -0.350 e. The number of benzene rings is 1. The Morgan fingerprint density at radius 3 is 2.85 bits per heavy atom. The molecule has 27 heavy (non-hydrogen) atoms. The molecule has 1 aromatic heterocycles. The highest BCUT2D eigenvalue weighted by molar-refractivity contribution is 5.95. The Labute approximate surface area is 154 Å². The van der Waals surface area contributed by atoms with Gasteiger partial charge < -0.3 is 4.90 Å². The standard InChI is InChI=1S/C17H19FN6O3/c1-11-5-4-8-23(9-11)16-14(24(26)27)15(19-10-20-16)21-22-17(25)12-6-2-3-7-13(12)18/h2-3,6-7,10-11H,4-5,8-9H2,1H3,(H,22,25)(H,19,20,21). The Balaban J connectivity index is 1.83. The SMILES string of the molecule is CC1CCCN(c2ncnc(NNC(=O)c3ccccc3F)c2[N+](=O)[O-])C1. The van der Waals surface area contributed by atoms with Crippen LogP contribution in [0.5, 0.6) is 0 Å². The molecule has 0 spiro atoms. The molecule has 0 aliphatic carbocycles. The summed E-state index contributed by atoms with van der Waals surface area (Å²) < 4.78 is 13.7. The Hall–Kier alpha value is -3.30. The lowest BCUT2D eigenvalue weighted by atomic mass is 10.0. The van der Waals surface area contributed by atoms with Crippen LogP contribution in [0.25, 0.3) is 0 Å². The van der Waals surface area contributed by atoms with Crippen molar-refractivity contribution in [2.24, 2.45) is 5.92 Å². The third kappa shape index (κ3) is 4.10. The number of carbonyl (C=O) groups excluding carboxylic acids is 1. The fourth-order valence-corrected chi connectivity index (χ4v) is 3.07. The van der Waals surface area contributed by atoms with Crippen molar-refractivity contribution in [2.75, 3.05) is 23.4 Å². The summed E-state index contributed by atoms with van der Waals surface area (Å²) in [7, 11) is 0. The number of hydrogen-bond donors (Lipinski definition) is 2. The fraction of sp³-hybridized carbons (Fsp3) is 0.353. The Morgan fingerprint density at radius 1 is 1.37 bits per heavy atom. The van der Waals surface area contributed by atoms with Gasteiger partial charge >= 0.3 is 5.69 Å². The van der Waals surface area contributed by atoms with Crippen LogP contribution in [-0.4, -0.2) is 33.9 Å². The zero-order valence-corrected chi connectivity index (χ0v) is 14.7. The summed E-state index contributed by atoms with van der Waals surface area (Å²) in [6.45, 7) is 3.38. The first kappa shape index (κ1) is 18.5. The molecule has 1 aliphatic rings. The molecule has 1 unspecified atom stereocenters. The number of nitrogens with one attached hydrogen (secondary N) is 2. The van der Waals surface area contributed by atoms with Gasteiger partial charge in [-0.1, -0.05) is 19.1 Å². The smallest absolute Gasteiger partial charge is 0.350 e. The number of amides is 1. The molecular weight excluding hydrogens is 355 g/mol. The molecule has 0 bridgehead atoms. The van der Waals surface area contributed by atoms with Crippen LogP contribution in [-0.2, 0) is 0 Å². The molecular formula is C17H19FN6O3. The highest BCUT2D eigenvalue weighted by atomic mass is 19.1. The second-order valence-electron chi connectivity index (χ2n) is 6.40. The number of hydrazine groups is 1. The summed E-state index contributed by atoms with van der Waals surface area (Å²) >= 11 is 0. The molecule has 1 aliphatic heterocycles. The van der Waals surface area contributed by atoms with Gasteiger partial charge in [0.25, 0.3) is 5.91 Å². The van der Waals surface area contributed by atoms with E-state index >= 15 is 0 Å². The summed E-state index contributed by atoms with van der Waals surface area (Å²) in [5, 5.41) is 11.6. The van der Waals surface area contributed by atoms with Crippen LogP contribution in [0.15, 0.2) is 30.6 Å². The number of rotatable bonds is 5. The average molecular weight is 374 g/mol. The third-order valence-electron chi connectivity index (χ3n) is 4.36. The highest BCUT2D eigenvalue weighted by Crippen LogP contribution is 2.33. The molecule has 1 fully saturated rings. The molecule has 2 heterocycles. The topological polar surface area (TPSA) is 113 Å². The monoisotopic (exact) mass is 374 g/mol. The molecule has 0 saturated carbocycles. The van der Waals surface area contributed by atoms with E-state index in [4.69, 9.17) is 0 Å². The number of carbonyl (C=O) groups is 1. The molecule has 1 aromatic carbocycles. The zero-order chi connectivity index (χ0) is 19.4. The highest BCUT2D eigenvalue weighted by Gasteiger charge is 2.29. The summed E-state index contributed by atoms with van der Waals surface area (Å²) in [6.07, 6.45) is 3.16. The Morgan fingerprint density at radius 2 is 2.15 bits per heavy atom. The van der Waals surface area contributed by atoms with Gasteiger partial charge in [0, 0.05) is 13.1 Å². The van der Waals surface area contributed by atoms with Crippen molar-refractivity contribution >= 4 is 23.2 Å². The van der Waals surface area contributed by atoms with E-state index in [0.717, 1.165) is 18.9 Å². The maximum absolute atomic E-state index is 13.7. The van der Waals surface area contributed by atoms with E-state index in [9.17, 15) is 19.3 Å². The molecule has 3 rings (SSSR count). The van der Waals surface area contributed by atoms with Crippen LogP contribution < -0.4 is 15.8 Å². The molecule has 2 N–H and O–H groups in total. The number of aromatic nitrogens is 2. The van der Waals surface area contributed by atoms with E-state index in [0.29, 0.717) is 19.0 Å². The lowest BCUT2D eigenvalue weighted by Crippen LogP contribution is -2.36. The van der Waals surface area contributed by atoms with E-state index in [1.807, 2.05) is 4.90 Å². The molecule has 9 nitrogen and oxygen atoms in total. The van der Waals surface area contributed by atoms with Crippen LogP contribution in [0.3, 0.4) is 0 Å². The van der Waals surface area contributed by atoms with Crippen molar-refractivity contribution in [1.82, 2.24) is 15.4 Å². The van der Waals surface area contributed by atoms with Crippen molar-refractivity contribution in [3.63, 3.8) is 0 Å². The third-order valence-corrected chi connectivity index (χ3v) is 4.36. The van der Waals surface area contributed by atoms with Gasteiger partial charge in [-0.3, -0.25) is 25.8 Å². The van der Waals surface area contributed by atoms with E-state index in [1.54, 1.807) is 0 Å². The molecule has 0 radical (unpaired) electrons. The van der Waals surface area contributed by atoms with Gasteiger partial charge in [-0.2, -0.15) is 0 Å². The largest absolute Gasteiger partial charge is 0.355 e. The van der Waals surface area contributed by atoms with Crippen LogP contribution in [0.1, 0.15) is 30.1 Å². The van der Waals surface area contributed by atoms with Crippen molar-refractivity contribution in [3.8, 4) is 0 Å². The first-order valence-electron chi connectivity index (χ1n) is 8.52. The normalized spacial score (nSPS) is 16.7. The van der Waals surface area contributed by atoms with Gasteiger partial charge in [-0.05, 0) is 30.9 Å². The molecule has 2 aromatic rings. The average Bonchev–Trinajstić information content (AvgIpc) is 2.66. The summed E-state index contributed by atoms with van der Waals surface area (Å²) in [5.74, 6) is -1.03. The number of nitrogens with zero attached hydrogens (tertiary/aromatic N) is 4. The number of piperidine rings is 1. The second kappa shape index (κ2) is 7.94. The fourth-order valence-electron chi connectivity index (χ4n) is 3.07. The molecule has 142 valence electrons. The molecule has 1 amide bonds. The van der Waals surface area contributed by atoms with Crippen LogP contribution in [0.4, 0.5) is 21.7 Å². The van der Waals surface area contributed by atoms with Gasteiger partial charge in [-0.15, -0.1) is 0 Å². The van der Waals surface area contributed by atoms with Crippen LogP contribution in [0, 0.1) is 21.8 Å². The summed E-state index contributed by atoms with van der Waals surface area (Å²) in [6, 6.07) is 5.43. The maximum Gasteiger partial charge on any atom is 0.355 e. The van der Waals surface area contributed by atoms with Crippen LogP contribution in [0.2, 0.25) is 0 Å². The quantitative estimate of drug-likeness (QED) is 0.611. The predicted molar refractivity (Wildman–Crippen MR) is 96.8 cm³/mol. The number of nitro groups is 1. The van der Waals surface area contributed by atoms with Gasteiger partial charge in [0.15, 0.2) is 0 Å². The van der Waals surface area contributed by atoms with E-state index in [-0.39, 0.29) is 22.9 Å². The maximum atomic E-state index is 13.7. The number of halogens is 1. The van der Waals surface area contributed by atoms with Gasteiger partial charge in [0.1, 0.15) is 12.1 Å². The first-order valence-corrected chi connectivity index (χ1v) is 8.52. The summed E-state index contributed by atoms with van der Waals surface area (Å²) in [5.41, 5.74) is 4.15. The van der Waals surface area contributed by atoms with E-state index in [2.05, 4.69) is 27.7 Å². The lowest BCUT2D eigenvalue weighted by Gasteiger charge is -2.31. The first-order chi connectivity index (χ1) is 13.0. The van der Waals surface area contributed by atoms with E-state index in [1.165, 1.54) is 24.5 Å². The predicted octanol–water partition coefficient (Wildman–Crippen LogP) is 2.52. The van der Waals surface area contributed by atoms with E-state index < -0.39 is 16.6 Å². The second-order valence-corrected chi connectivity index (χ2v) is 6.40. The Kier molecular flexibility index (Phi) is 5.43. The van der Waals surface area contributed by atoms with Crippen molar-refractivity contribution in [2.45, 2.75) is 19.8 Å². The number of anilines is 2. The van der Waals surface area contributed by atoms with Crippen molar-refractivity contribution in [1.29, 1.82) is 0 Å². The van der Waals surface area contributed by atoms with Gasteiger partial charge in [-0.25, -0.2) is 14.4 Å². The number of hydrogen-bond acceptors (Lipinski definition) is 7. The Bertz CT molecular complexity index is 862. The zero-order valence-electron chi connectivity index (χ0n) is 14.7. The molecule has 10 heteroatoms. The summed E-state index contributed by atoms with van der Waals surface area (Å²) in [4.78, 5) is 32.9. The minimum atomic E-state index is -0.769. The van der Waals surface area contributed by atoms with Crippen molar-refractivity contribution < 1.29 is 14.1 Å². The van der Waals surface area contributed by atoms with Crippen LogP contribution >= 0.6 is 0 Å². The lowest BCUT2D eigenvalue weighted by molar-refractivity contribution is -0.383. The molecule has 1 saturated heterocycles. The van der Waals surface area contributed by atoms with Gasteiger partial charge in [0.05, 0.1) is 10.5 Å². The van der Waals surface area contributed by atoms with Crippen molar-refractivity contribution in [3.05, 3.63) is 52.1 Å². The minimum absolute atomic E-state index is 0.159. The molecule has 1 atom stereocenters.